The molecular formula is C23H16N4O4. The van der Waals surface area contributed by atoms with Gasteiger partial charge in [-0.2, -0.15) is 10.2 Å². The van der Waals surface area contributed by atoms with Gasteiger partial charge in [-0.3, -0.25) is 0 Å². The minimum absolute atomic E-state index is 0.156. The molecule has 8 heteroatoms. The molecule has 31 heavy (non-hydrogen) atoms. The molecule has 4 aromatic carbocycles. The molecule has 0 saturated heterocycles. The van der Waals surface area contributed by atoms with Crippen molar-refractivity contribution in [3.63, 3.8) is 0 Å². The van der Waals surface area contributed by atoms with Crippen LogP contribution in [-0.4, -0.2) is 21.3 Å². The van der Waals surface area contributed by atoms with Gasteiger partial charge in [0.1, 0.15) is 17.1 Å². The highest BCUT2D eigenvalue weighted by molar-refractivity contribution is 5.99. The van der Waals surface area contributed by atoms with Crippen LogP contribution in [-0.2, 0) is 0 Å². The summed E-state index contributed by atoms with van der Waals surface area (Å²) in [5.74, 6) is -1.42. The van der Waals surface area contributed by atoms with Crippen molar-refractivity contribution in [2.45, 2.75) is 0 Å². The molecule has 152 valence electrons. The summed E-state index contributed by atoms with van der Waals surface area (Å²) in [4.78, 5) is 11.2. The average molecular weight is 412 g/mol. The number of nitrogens with zero attached hydrogens (tertiary/aromatic N) is 4. The summed E-state index contributed by atoms with van der Waals surface area (Å²) in [6.07, 6.45) is 0. The molecule has 0 saturated carbocycles. The molecule has 0 fully saturated rings. The lowest BCUT2D eigenvalue weighted by Gasteiger charge is -2.04. The number of benzene rings is 4. The summed E-state index contributed by atoms with van der Waals surface area (Å²) in [5.41, 5.74) is 1.87. The molecule has 0 aliphatic rings. The van der Waals surface area contributed by atoms with Crippen LogP contribution in [0.2, 0.25) is 0 Å². The summed E-state index contributed by atoms with van der Waals surface area (Å²) in [6.45, 7) is 0. The molecule has 0 atom stereocenters. The first-order chi connectivity index (χ1) is 15.0. The van der Waals surface area contributed by atoms with Crippen molar-refractivity contribution in [3.05, 3.63) is 84.4 Å². The number of rotatable bonds is 5. The molecule has 0 bridgehead atoms. The highest BCUT2D eigenvalue weighted by atomic mass is 16.4. The van der Waals surface area contributed by atoms with Gasteiger partial charge in [0.15, 0.2) is 0 Å². The number of aromatic carboxylic acids is 1. The fourth-order valence-corrected chi connectivity index (χ4v) is 2.94. The van der Waals surface area contributed by atoms with Crippen LogP contribution in [0.3, 0.4) is 0 Å². The van der Waals surface area contributed by atoms with Gasteiger partial charge in [-0.05, 0) is 54.6 Å². The first-order valence-electron chi connectivity index (χ1n) is 9.22. The van der Waals surface area contributed by atoms with E-state index in [9.17, 15) is 15.0 Å². The molecule has 4 aromatic rings. The third-order valence-electron chi connectivity index (χ3n) is 4.48. The van der Waals surface area contributed by atoms with Crippen molar-refractivity contribution in [3.8, 4) is 11.5 Å². The van der Waals surface area contributed by atoms with Crippen molar-refractivity contribution in [1.82, 2.24) is 0 Å². The molecule has 0 aliphatic heterocycles. The molecular weight excluding hydrogens is 396 g/mol. The molecule has 0 aliphatic carbocycles. The van der Waals surface area contributed by atoms with E-state index in [1.165, 1.54) is 30.3 Å². The monoisotopic (exact) mass is 412 g/mol. The Balaban J connectivity index is 1.68. The Bertz CT molecular complexity index is 1330. The second kappa shape index (κ2) is 8.42. The van der Waals surface area contributed by atoms with Gasteiger partial charge in [0.2, 0.25) is 0 Å². The van der Waals surface area contributed by atoms with Crippen molar-refractivity contribution >= 4 is 39.5 Å². The number of carbonyl (C=O) groups is 1. The molecule has 0 aromatic heterocycles. The number of carboxylic acid groups (broad SMARTS) is 1. The zero-order chi connectivity index (χ0) is 21.8. The number of hydrogen-bond acceptors (Lipinski definition) is 7. The zero-order valence-electron chi connectivity index (χ0n) is 16.0. The lowest BCUT2D eigenvalue weighted by atomic mass is 10.1. The van der Waals surface area contributed by atoms with Crippen LogP contribution in [0.5, 0.6) is 11.5 Å². The van der Waals surface area contributed by atoms with Gasteiger partial charge in [0, 0.05) is 10.8 Å². The van der Waals surface area contributed by atoms with E-state index in [1.54, 1.807) is 24.3 Å². The normalized spacial score (nSPS) is 11.5. The smallest absolute Gasteiger partial charge is 0.339 e. The number of fused-ring (bicyclic) bond motifs is 1. The van der Waals surface area contributed by atoms with Gasteiger partial charge in [0.25, 0.3) is 0 Å². The Hall–Kier alpha value is -4.59. The van der Waals surface area contributed by atoms with E-state index < -0.39 is 5.97 Å². The number of phenolic OH excluding ortho intramolecular Hbond substituents is 1. The van der Waals surface area contributed by atoms with Gasteiger partial charge in [-0.15, -0.1) is 10.2 Å². The van der Waals surface area contributed by atoms with Gasteiger partial charge in [0.05, 0.1) is 22.7 Å². The van der Waals surface area contributed by atoms with Crippen LogP contribution in [0.1, 0.15) is 10.4 Å². The molecule has 0 spiro atoms. The number of carboxylic acids is 1. The number of azo groups is 2. The summed E-state index contributed by atoms with van der Waals surface area (Å²) in [6, 6.07) is 21.4. The maximum absolute atomic E-state index is 11.2. The summed E-state index contributed by atoms with van der Waals surface area (Å²) >= 11 is 0. The van der Waals surface area contributed by atoms with E-state index in [2.05, 4.69) is 20.5 Å². The van der Waals surface area contributed by atoms with Crippen LogP contribution in [0, 0.1) is 0 Å². The predicted octanol–water partition coefficient (Wildman–Crippen LogP) is 6.78. The average Bonchev–Trinajstić information content (AvgIpc) is 2.78. The van der Waals surface area contributed by atoms with Crippen molar-refractivity contribution in [2.75, 3.05) is 0 Å². The molecule has 8 nitrogen and oxygen atoms in total. The molecule has 4 rings (SSSR count). The fraction of sp³-hybridized carbons (Fsp3) is 0. The Morgan fingerprint density at radius 2 is 1.19 bits per heavy atom. The van der Waals surface area contributed by atoms with Crippen LogP contribution < -0.4 is 0 Å². The fourth-order valence-electron chi connectivity index (χ4n) is 2.94. The van der Waals surface area contributed by atoms with Crippen molar-refractivity contribution < 1.29 is 20.1 Å². The van der Waals surface area contributed by atoms with Gasteiger partial charge in [-0.25, -0.2) is 4.79 Å². The number of hydrogen-bond donors (Lipinski definition) is 3. The Morgan fingerprint density at radius 3 is 1.77 bits per heavy atom. The Labute approximate surface area is 176 Å². The Kier molecular flexibility index (Phi) is 5.35. The summed E-state index contributed by atoms with van der Waals surface area (Å²) in [5, 5.41) is 46.6. The van der Waals surface area contributed by atoms with Crippen LogP contribution in [0.15, 0.2) is 99.3 Å². The third kappa shape index (κ3) is 4.38. The second-order valence-electron chi connectivity index (χ2n) is 6.57. The van der Waals surface area contributed by atoms with E-state index in [0.29, 0.717) is 22.7 Å². The standard InChI is InChI=1S/C23H16N4O4/c28-16-8-5-14(6-9-16)24-26-20-10-11-21(18-4-2-1-3-17(18)20)27-25-15-7-12-22(29)19(13-15)23(30)31/h1-13,28-29H,(H,30,31). The molecule has 0 unspecified atom stereocenters. The van der Waals surface area contributed by atoms with Gasteiger partial charge in [-0.1, -0.05) is 24.3 Å². The largest absolute Gasteiger partial charge is 0.508 e. The molecule has 3 N–H and O–H groups in total. The third-order valence-corrected chi connectivity index (χ3v) is 4.48. The van der Waals surface area contributed by atoms with Crippen LogP contribution in [0.25, 0.3) is 10.8 Å². The molecule has 0 heterocycles. The van der Waals surface area contributed by atoms with Gasteiger partial charge >= 0.3 is 5.97 Å². The highest BCUT2D eigenvalue weighted by Gasteiger charge is 2.10. The molecule has 0 radical (unpaired) electrons. The highest BCUT2D eigenvalue weighted by Crippen LogP contribution is 2.35. The summed E-state index contributed by atoms with van der Waals surface area (Å²) < 4.78 is 0. The van der Waals surface area contributed by atoms with Crippen molar-refractivity contribution in [1.29, 1.82) is 0 Å². The second-order valence-corrected chi connectivity index (χ2v) is 6.57. The van der Waals surface area contributed by atoms with Crippen LogP contribution in [0.4, 0.5) is 22.7 Å². The van der Waals surface area contributed by atoms with Crippen LogP contribution >= 0.6 is 0 Å². The lowest BCUT2D eigenvalue weighted by molar-refractivity contribution is 0.0693. The first-order valence-corrected chi connectivity index (χ1v) is 9.22. The predicted molar refractivity (Wildman–Crippen MR) is 115 cm³/mol. The Morgan fingerprint density at radius 1 is 0.645 bits per heavy atom. The molecule has 0 amide bonds. The van der Waals surface area contributed by atoms with Crippen molar-refractivity contribution in [2.24, 2.45) is 20.5 Å². The minimum atomic E-state index is -1.25. The topological polar surface area (TPSA) is 127 Å². The maximum atomic E-state index is 11.2. The van der Waals surface area contributed by atoms with E-state index >= 15 is 0 Å². The van der Waals surface area contributed by atoms with E-state index in [0.717, 1.165) is 10.8 Å². The minimum Gasteiger partial charge on any atom is -0.508 e. The zero-order valence-corrected chi connectivity index (χ0v) is 16.0. The van der Waals surface area contributed by atoms with E-state index in [4.69, 9.17) is 5.11 Å². The van der Waals surface area contributed by atoms with Gasteiger partial charge < -0.3 is 15.3 Å². The lowest BCUT2D eigenvalue weighted by Crippen LogP contribution is -1.95. The maximum Gasteiger partial charge on any atom is 0.339 e. The SMILES string of the molecule is O=C(O)c1cc(N=Nc2ccc(N=Nc3ccc(O)cc3)c3ccccc23)ccc1O. The van der Waals surface area contributed by atoms with E-state index in [-0.39, 0.29) is 17.1 Å². The summed E-state index contributed by atoms with van der Waals surface area (Å²) in [7, 11) is 0. The first kappa shape index (κ1) is 19.7. The number of phenols is 2. The quantitative estimate of drug-likeness (QED) is 0.312. The van der Waals surface area contributed by atoms with E-state index in [1.807, 2.05) is 24.3 Å². The number of aromatic hydroxyl groups is 2.